The van der Waals surface area contributed by atoms with Gasteiger partial charge >= 0.3 is 0 Å². The summed E-state index contributed by atoms with van der Waals surface area (Å²) < 4.78 is 0. The summed E-state index contributed by atoms with van der Waals surface area (Å²) in [7, 11) is 0. The molecular formula is C32H40. The van der Waals surface area contributed by atoms with Crippen molar-refractivity contribution >= 4 is 5.57 Å². The van der Waals surface area contributed by atoms with Crippen LogP contribution in [0, 0.1) is 5.92 Å². The predicted octanol–water partition coefficient (Wildman–Crippen LogP) is 9.64. The van der Waals surface area contributed by atoms with Crippen LogP contribution in [0.5, 0.6) is 0 Å². The summed E-state index contributed by atoms with van der Waals surface area (Å²) in [5.74, 6) is 1.02. The Kier molecular flexibility index (Phi) is 7.51. The first kappa shape index (κ1) is 22.8. The smallest absolute Gasteiger partial charge is 0.0137 e. The van der Waals surface area contributed by atoms with Crippen molar-refractivity contribution < 1.29 is 0 Å². The summed E-state index contributed by atoms with van der Waals surface area (Å²) in [5.41, 5.74) is 12.8. The van der Waals surface area contributed by atoms with E-state index < -0.39 is 0 Å². The first-order valence-electron chi connectivity index (χ1n) is 13.1. The van der Waals surface area contributed by atoms with Gasteiger partial charge in [-0.15, -0.1) is 0 Å². The van der Waals surface area contributed by atoms with Crippen molar-refractivity contribution in [2.75, 3.05) is 0 Å². The number of rotatable bonds is 10. The number of fused-ring (bicyclic) bond motifs is 1. The molecule has 0 aromatic heterocycles. The van der Waals surface area contributed by atoms with E-state index in [1.54, 1.807) is 22.3 Å². The molecule has 1 unspecified atom stereocenters. The fraction of sp³-hybridized carbons (Fsp3) is 0.438. The first-order chi connectivity index (χ1) is 15.7. The van der Waals surface area contributed by atoms with E-state index in [-0.39, 0.29) is 0 Å². The van der Waals surface area contributed by atoms with Crippen LogP contribution in [0.1, 0.15) is 102 Å². The third kappa shape index (κ3) is 4.17. The van der Waals surface area contributed by atoms with Crippen molar-refractivity contribution in [2.45, 2.75) is 85.0 Å². The highest BCUT2D eigenvalue weighted by molar-refractivity contribution is 5.86. The molecule has 0 N–H and O–H groups in total. The van der Waals surface area contributed by atoms with Gasteiger partial charge in [0.1, 0.15) is 0 Å². The Hall–Kier alpha value is -2.34. The van der Waals surface area contributed by atoms with E-state index in [0.29, 0.717) is 11.8 Å². The Morgan fingerprint density at radius 2 is 1.12 bits per heavy atom. The second kappa shape index (κ2) is 10.5. The van der Waals surface area contributed by atoms with Crippen LogP contribution in [0.25, 0.3) is 5.57 Å². The van der Waals surface area contributed by atoms with Gasteiger partial charge in [0.2, 0.25) is 0 Å². The Balaban J connectivity index is 1.89. The topological polar surface area (TPSA) is 0 Å². The molecule has 2 aliphatic rings. The fourth-order valence-corrected chi connectivity index (χ4v) is 6.22. The van der Waals surface area contributed by atoms with Gasteiger partial charge in [-0.1, -0.05) is 125 Å². The molecule has 0 nitrogen and oxygen atoms in total. The Morgan fingerprint density at radius 3 is 1.69 bits per heavy atom. The summed E-state index contributed by atoms with van der Waals surface area (Å²) >= 11 is 0. The van der Waals surface area contributed by atoms with E-state index in [2.05, 4.69) is 88.4 Å². The minimum absolute atomic E-state index is 0.464. The molecule has 0 bridgehead atoms. The second-order valence-corrected chi connectivity index (χ2v) is 9.54. The average Bonchev–Trinajstić information content (AvgIpc) is 3.32. The SMILES string of the molecule is CCCC1=C(CCC)C(C2C=C(c3ccccc3)c3ccccc32)C(CCC)=C1CCC. The first-order valence-corrected chi connectivity index (χ1v) is 13.1. The molecule has 0 heteroatoms. The second-order valence-electron chi connectivity index (χ2n) is 9.54. The van der Waals surface area contributed by atoms with Crippen molar-refractivity contribution in [3.63, 3.8) is 0 Å². The van der Waals surface area contributed by atoms with Crippen LogP contribution >= 0.6 is 0 Å². The van der Waals surface area contributed by atoms with Gasteiger partial charge in [-0.3, -0.25) is 0 Å². The summed E-state index contributed by atoms with van der Waals surface area (Å²) in [6.07, 6.45) is 12.6. The highest BCUT2D eigenvalue weighted by atomic mass is 14.4. The van der Waals surface area contributed by atoms with Gasteiger partial charge in [0, 0.05) is 11.8 Å². The quantitative estimate of drug-likeness (QED) is 0.356. The minimum Gasteiger partial charge on any atom is -0.0676 e. The maximum absolute atomic E-state index is 2.62. The highest BCUT2D eigenvalue weighted by Crippen LogP contribution is 2.54. The molecule has 0 radical (unpaired) electrons. The molecule has 32 heavy (non-hydrogen) atoms. The fourth-order valence-electron chi connectivity index (χ4n) is 6.22. The van der Waals surface area contributed by atoms with Crippen LogP contribution in [0.3, 0.4) is 0 Å². The van der Waals surface area contributed by atoms with Gasteiger partial charge < -0.3 is 0 Å². The molecule has 4 rings (SSSR count). The van der Waals surface area contributed by atoms with E-state index in [9.17, 15) is 0 Å². The lowest BCUT2D eigenvalue weighted by Gasteiger charge is -2.26. The standard InChI is InChI=1S/C32H40/c1-5-14-24-25(15-6-2)29(17-8-4)32(28(24)16-7-3)31-22-30(23-18-10-9-11-19-23)26-20-12-13-21-27(26)31/h9-13,18-22,31-32H,5-8,14-17H2,1-4H3. The van der Waals surface area contributed by atoms with Gasteiger partial charge in [-0.25, -0.2) is 0 Å². The molecule has 0 amide bonds. The lowest BCUT2D eigenvalue weighted by atomic mass is 9.77. The van der Waals surface area contributed by atoms with Crippen LogP contribution in [-0.4, -0.2) is 0 Å². The summed E-state index contributed by atoms with van der Waals surface area (Å²) in [5, 5.41) is 0. The van der Waals surface area contributed by atoms with Gasteiger partial charge in [-0.2, -0.15) is 0 Å². The molecule has 0 heterocycles. The maximum Gasteiger partial charge on any atom is 0.0137 e. The number of benzene rings is 2. The van der Waals surface area contributed by atoms with E-state index >= 15 is 0 Å². The third-order valence-corrected chi connectivity index (χ3v) is 7.33. The van der Waals surface area contributed by atoms with E-state index in [0.717, 1.165) is 0 Å². The van der Waals surface area contributed by atoms with Crippen LogP contribution in [0.15, 0.2) is 83.0 Å². The van der Waals surface area contributed by atoms with Crippen molar-refractivity contribution in [1.29, 1.82) is 0 Å². The lowest BCUT2D eigenvalue weighted by Crippen LogP contribution is -2.14. The monoisotopic (exact) mass is 424 g/mol. The van der Waals surface area contributed by atoms with Crippen molar-refractivity contribution in [1.82, 2.24) is 0 Å². The molecule has 0 fully saturated rings. The van der Waals surface area contributed by atoms with Crippen LogP contribution in [0.2, 0.25) is 0 Å². The molecule has 2 aromatic rings. The van der Waals surface area contributed by atoms with Gasteiger partial charge in [-0.05, 0) is 59.1 Å². The normalized spacial score (nSPS) is 18.5. The van der Waals surface area contributed by atoms with Crippen LogP contribution in [-0.2, 0) is 0 Å². The molecule has 2 aromatic carbocycles. The van der Waals surface area contributed by atoms with E-state index in [1.165, 1.54) is 73.6 Å². The van der Waals surface area contributed by atoms with Crippen LogP contribution < -0.4 is 0 Å². The molecule has 0 spiro atoms. The molecule has 0 aliphatic heterocycles. The zero-order chi connectivity index (χ0) is 22.5. The Labute approximate surface area is 196 Å². The number of hydrogen-bond acceptors (Lipinski definition) is 0. The third-order valence-electron chi connectivity index (χ3n) is 7.33. The zero-order valence-electron chi connectivity index (χ0n) is 20.6. The summed E-state index contributed by atoms with van der Waals surface area (Å²) in [4.78, 5) is 0. The van der Waals surface area contributed by atoms with Crippen molar-refractivity contribution in [2.24, 2.45) is 5.92 Å². The number of hydrogen-bond donors (Lipinski definition) is 0. The average molecular weight is 425 g/mol. The molecule has 0 saturated heterocycles. The number of allylic oxidation sites excluding steroid dienone is 5. The Bertz CT molecular complexity index is 983. The van der Waals surface area contributed by atoms with Crippen LogP contribution in [0.4, 0.5) is 0 Å². The largest absolute Gasteiger partial charge is 0.0676 e. The van der Waals surface area contributed by atoms with Gasteiger partial charge in [0.05, 0.1) is 0 Å². The van der Waals surface area contributed by atoms with Gasteiger partial charge in [0.15, 0.2) is 0 Å². The molecule has 168 valence electrons. The molecular weight excluding hydrogens is 384 g/mol. The molecule has 1 atom stereocenters. The Morgan fingerprint density at radius 1 is 0.594 bits per heavy atom. The minimum atomic E-state index is 0.464. The highest BCUT2D eigenvalue weighted by Gasteiger charge is 2.39. The summed E-state index contributed by atoms with van der Waals surface area (Å²) in [6.45, 7) is 9.42. The van der Waals surface area contributed by atoms with E-state index in [4.69, 9.17) is 0 Å². The summed E-state index contributed by atoms with van der Waals surface area (Å²) in [6, 6.07) is 20.2. The molecule has 0 saturated carbocycles. The maximum atomic E-state index is 2.62. The van der Waals surface area contributed by atoms with Crippen molar-refractivity contribution in [3.05, 3.63) is 99.7 Å². The van der Waals surface area contributed by atoms with Gasteiger partial charge in [0.25, 0.3) is 0 Å². The van der Waals surface area contributed by atoms with Crippen molar-refractivity contribution in [3.8, 4) is 0 Å². The van der Waals surface area contributed by atoms with E-state index in [1.807, 2.05) is 0 Å². The zero-order valence-corrected chi connectivity index (χ0v) is 20.6. The lowest BCUT2D eigenvalue weighted by molar-refractivity contribution is 0.588. The predicted molar refractivity (Wildman–Crippen MR) is 140 cm³/mol. The molecule has 2 aliphatic carbocycles.